The molecule has 0 atom stereocenters. The van der Waals surface area contributed by atoms with Crippen LogP contribution in [-0.4, -0.2) is 6.61 Å². The maximum absolute atomic E-state index is 6.04. The second-order valence-electron chi connectivity index (χ2n) is 7.81. The van der Waals surface area contributed by atoms with Crippen molar-refractivity contribution in [3.63, 3.8) is 0 Å². The summed E-state index contributed by atoms with van der Waals surface area (Å²) in [5, 5.41) is 0. The van der Waals surface area contributed by atoms with Gasteiger partial charge in [-0.3, -0.25) is 0 Å². The number of hydrogen-bond acceptors (Lipinski definition) is 1. The molecule has 0 saturated heterocycles. The van der Waals surface area contributed by atoms with Crippen LogP contribution in [0.3, 0.4) is 0 Å². The Hall–Kier alpha value is -2.20. The van der Waals surface area contributed by atoms with Crippen molar-refractivity contribution < 1.29 is 4.74 Å². The third kappa shape index (κ3) is 6.17. The predicted octanol–water partition coefficient (Wildman–Crippen LogP) is 6.63. The Morgan fingerprint density at radius 3 is 1.89 bits per heavy atom. The van der Waals surface area contributed by atoms with Gasteiger partial charge in [0.05, 0.1) is 6.61 Å². The summed E-state index contributed by atoms with van der Waals surface area (Å²) in [6.07, 6.45) is 9.21. The molecule has 0 bridgehead atoms. The molecule has 2 aromatic rings. The molecule has 1 saturated carbocycles. The highest BCUT2D eigenvalue weighted by atomic mass is 16.5. The van der Waals surface area contributed by atoms with Crippen LogP contribution in [0.25, 0.3) is 0 Å². The third-order valence-corrected chi connectivity index (χ3v) is 5.72. The van der Waals surface area contributed by atoms with Crippen molar-refractivity contribution >= 4 is 0 Å². The van der Waals surface area contributed by atoms with E-state index in [9.17, 15) is 0 Å². The van der Waals surface area contributed by atoms with Crippen molar-refractivity contribution in [1.29, 1.82) is 0 Å². The Morgan fingerprint density at radius 2 is 1.33 bits per heavy atom. The standard InChI is InChI=1S/C26H32O/c1-3-5-22-12-14-25(15-13-22)20-27-26-18-16-24(17-19-26)11-10-23-8-6-21(4-2)7-9-23/h6-9,16-19,22,25H,3-5,12-15,20H2,1-2H3/t22-,25-. The molecule has 2 aromatic carbocycles. The Labute approximate surface area is 165 Å². The summed E-state index contributed by atoms with van der Waals surface area (Å²) in [6.45, 7) is 5.32. The van der Waals surface area contributed by atoms with Gasteiger partial charge in [-0.1, -0.05) is 63.5 Å². The lowest BCUT2D eigenvalue weighted by atomic mass is 9.80. The summed E-state index contributed by atoms with van der Waals surface area (Å²) >= 11 is 0. The topological polar surface area (TPSA) is 9.23 Å². The molecule has 1 nitrogen and oxygen atoms in total. The largest absolute Gasteiger partial charge is 0.493 e. The summed E-state index contributed by atoms with van der Waals surface area (Å²) in [6, 6.07) is 16.7. The van der Waals surface area contributed by atoms with Crippen molar-refractivity contribution in [2.75, 3.05) is 6.61 Å². The Balaban J connectivity index is 1.47. The van der Waals surface area contributed by atoms with Crippen LogP contribution in [0, 0.1) is 23.7 Å². The molecule has 0 aromatic heterocycles. The third-order valence-electron chi connectivity index (χ3n) is 5.72. The SMILES string of the molecule is CCC[C@H]1CC[C@H](COc2ccc(C#Cc3ccc(CC)cc3)cc2)CC1. The molecule has 0 aliphatic heterocycles. The number of rotatable bonds is 6. The van der Waals surface area contributed by atoms with E-state index in [0.29, 0.717) is 0 Å². The minimum absolute atomic E-state index is 0.726. The van der Waals surface area contributed by atoms with E-state index < -0.39 is 0 Å². The highest BCUT2D eigenvalue weighted by Gasteiger charge is 2.20. The fourth-order valence-electron chi connectivity index (χ4n) is 3.91. The van der Waals surface area contributed by atoms with Crippen molar-refractivity contribution in [2.24, 2.45) is 11.8 Å². The second kappa shape index (κ2) is 10.2. The fraction of sp³-hybridized carbons (Fsp3) is 0.462. The number of aryl methyl sites for hydroxylation is 1. The number of ether oxygens (including phenoxy) is 1. The maximum Gasteiger partial charge on any atom is 0.119 e. The van der Waals surface area contributed by atoms with Crippen LogP contribution in [0.5, 0.6) is 5.75 Å². The van der Waals surface area contributed by atoms with Gasteiger partial charge in [-0.25, -0.2) is 0 Å². The molecular weight excluding hydrogens is 328 g/mol. The molecule has 142 valence electrons. The second-order valence-corrected chi connectivity index (χ2v) is 7.81. The van der Waals surface area contributed by atoms with Gasteiger partial charge >= 0.3 is 0 Å². The van der Waals surface area contributed by atoms with E-state index in [1.54, 1.807) is 0 Å². The van der Waals surface area contributed by atoms with Crippen molar-refractivity contribution in [1.82, 2.24) is 0 Å². The van der Waals surface area contributed by atoms with Gasteiger partial charge in [0, 0.05) is 11.1 Å². The number of benzene rings is 2. The van der Waals surface area contributed by atoms with Crippen molar-refractivity contribution in [3.8, 4) is 17.6 Å². The zero-order chi connectivity index (χ0) is 18.9. The lowest BCUT2D eigenvalue weighted by molar-refractivity contribution is 0.178. The van der Waals surface area contributed by atoms with E-state index in [2.05, 4.69) is 62.1 Å². The van der Waals surface area contributed by atoms with Crippen LogP contribution < -0.4 is 4.74 Å². The molecule has 0 spiro atoms. The van der Waals surface area contributed by atoms with E-state index in [1.807, 2.05) is 12.1 Å². The normalized spacial score (nSPS) is 19.2. The molecule has 1 fully saturated rings. The molecule has 1 heteroatoms. The van der Waals surface area contributed by atoms with Crippen LogP contribution in [0.4, 0.5) is 0 Å². The van der Waals surface area contributed by atoms with Crippen LogP contribution in [-0.2, 0) is 6.42 Å². The monoisotopic (exact) mass is 360 g/mol. The zero-order valence-electron chi connectivity index (χ0n) is 16.8. The van der Waals surface area contributed by atoms with Gasteiger partial charge in [-0.05, 0) is 73.1 Å². The van der Waals surface area contributed by atoms with Crippen LogP contribution in [0.15, 0.2) is 48.5 Å². The van der Waals surface area contributed by atoms with Gasteiger partial charge in [0.2, 0.25) is 0 Å². The van der Waals surface area contributed by atoms with Gasteiger partial charge in [-0.15, -0.1) is 0 Å². The Kier molecular flexibility index (Phi) is 7.40. The van der Waals surface area contributed by atoms with Crippen LogP contribution in [0.2, 0.25) is 0 Å². The molecule has 3 rings (SSSR count). The lowest BCUT2D eigenvalue weighted by Gasteiger charge is -2.28. The van der Waals surface area contributed by atoms with Crippen LogP contribution >= 0.6 is 0 Å². The minimum Gasteiger partial charge on any atom is -0.493 e. The van der Waals surface area contributed by atoms with Gasteiger partial charge < -0.3 is 4.74 Å². The zero-order valence-corrected chi connectivity index (χ0v) is 16.8. The first-order chi connectivity index (χ1) is 13.3. The van der Waals surface area contributed by atoms with E-state index in [1.165, 1.54) is 44.1 Å². The highest BCUT2D eigenvalue weighted by molar-refractivity contribution is 5.44. The molecule has 0 N–H and O–H groups in total. The van der Waals surface area contributed by atoms with E-state index in [4.69, 9.17) is 4.74 Å². The highest BCUT2D eigenvalue weighted by Crippen LogP contribution is 2.31. The summed E-state index contributed by atoms with van der Waals surface area (Å²) in [5.74, 6) is 9.13. The van der Waals surface area contributed by atoms with E-state index in [0.717, 1.165) is 41.7 Å². The Bertz CT molecular complexity index is 738. The summed E-state index contributed by atoms with van der Waals surface area (Å²) < 4.78 is 6.04. The minimum atomic E-state index is 0.726. The average molecular weight is 361 g/mol. The van der Waals surface area contributed by atoms with Crippen molar-refractivity contribution in [3.05, 3.63) is 65.2 Å². The lowest BCUT2D eigenvalue weighted by Crippen LogP contribution is -2.20. The number of hydrogen-bond donors (Lipinski definition) is 0. The smallest absolute Gasteiger partial charge is 0.119 e. The first-order valence-corrected chi connectivity index (χ1v) is 10.6. The molecule has 27 heavy (non-hydrogen) atoms. The van der Waals surface area contributed by atoms with E-state index >= 15 is 0 Å². The van der Waals surface area contributed by atoms with Gasteiger partial charge in [0.1, 0.15) is 5.75 Å². The van der Waals surface area contributed by atoms with Crippen molar-refractivity contribution in [2.45, 2.75) is 58.8 Å². The fourth-order valence-corrected chi connectivity index (χ4v) is 3.91. The molecule has 1 aliphatic rings. The van der Waals surface area contributed by atoms with E-state index in [-0.39, 0.29) is 0 Å². The van der Waals surface area contributed by atoms with Gasteiger partial charge in [-0.2, -0.15) is 0 Å². The molecule has 0 unspecified atom stereocenters. The molecule has 1 aliphatic carbocycles. The quantitative estimate of drug-likeness (QED) is 0.525. The summed E-state index contributed by atoms with van der Waals surface area (Å²) in [5.41, 5.74) is 3.44. The van der Waals surface area contributed by atoms with Crippen LogP contribution in [0.1, 0.15) is 69.1 Å². The average Bonchev–Trinajstić information content (AvgIpc) is 2.73. The maximum atomic E-state index is 6.04. The molecule has 0 amide bonds. The predicted molar refractivity (Wildman–Crippen MR) is 114 cm³/mol. The molecule has 0 radical (unpaired) electrons. The first kappa shape index (κ1) is 19.6. The molecule has 0 heterocycles. The summed E-state index contributed by atoms with van der Waals surface area (Å²) in [4.78, 5) is 0. The molecular formula is C26H32O. The van der Waals surface area contributed by atoms with Gasteiger partial charge in [0.25, 0.3) is 0 Å². The Morgan fingerprint density at radius 1 is 0.778 bits per heavy atom. The first-order valence-electron chi connectivity index (χ1n) is 10.6. The summed E-state index contributed by atoms with van der Waals surface area (Å²) in [7, 11) is 0. The van der Waals surface area contributed by atoms with Gasteiger partial charge in [0.15, 0.2) is 0 Å².